The fourth-order valence-electron chi connectivity index (χ4n) is 5.07. The Kier molecular flexibility index (Phi) is 6.17. The lowest BCUT2D eigenvalue weighted by Crippen LogP contribution is -2.49. The number of rotatable bonds is 4. The summed E-state index contributed by atoms with van der Waals surface area (Å²) in [6, 6.07) is 18.6. The summed E-state index contributed by atoms with van der Waals surface area (Å²) in [7, 11) is 1.59. The Labute approximate surface area is 207 Å². The predicted molar refractivity (Wildman–Crippen MR) is 134 cm³/mol. The second-order valence-electron chi connectivity index (χ2n) is 9.10. The number of nitriles is 1. The molecule has 2 bridgehead atoms. The molecule has 9 nitrogen and oxygen atoms in total. The number of pyridine rings is 1. The molecule has 1 aromatic heterocycles. The maximum Gasteiger partial charge on any atom is 0.323 e. The molecule has 3 aromatic rings. The van der Waals surface area contributed by atoms with Crippen LogP contribution in [0.15, 0.2) is 65.5 Å². The van der Waals surface area contributed by atoms with Crippen molar-refractivity contribution in [2.75, 3.05) is 30.8 Å². The van der Waals surface area contributed by atoms with E-state index in [1.54, 1.807) is 66.3 Å². The highest BCUT2D eigenvalue weighted by Crippen LogP contribution is 2.36. The van der Waals surface area contributed by atoms with E-state index in [0.29, 0.717) is 42.2 Å². The first kappa shape index (κ1) is 23.2. The smallest absolute Gasteiger partial charge is 0.323 e. The third-order valence-corrected chi connectivity index (χ3v) is 6.73. The minimum atomic E-state index is -0.560. The highest BCUT2D eigenvalue weighted by molar-refractivity contribution is 5.99. The number of piperidine rings is 1. The first-order chi connectivity index (χ1) is 17.4. The van der Waals surface area contributed by atoms with Crippen molar-refractivity contribution in [3.8, 4) is 11.8 Å². The molecule has 2 aliphatic heterocycles. The molecule has 9 heteroatoms. The third kappa shape index (κ3) is 4.53. The molecule has 2 N–H and O–H groups in total. The molecule has 3 heterocycles. The van der Waals surface area contributed by atoms with Gasteiger partial charge in [0.2, 0.25) is 0 Å². The summed E-state index contributed by atoms with van der Waals surface area (Å²) >= 11 is 0. The van der Waals surface area contributed by atoms with Crippen molar-refractivity contribution in [2.24, 2.45) is 5.92 Å². The molecule has 0 saturated carbocycles. The molecule has 0 radical (unpaired) electrons. The summed E-state index contributed by atoms with van der Waals surface area (Å²) in [5.41, 5.74) is 2.28. The first-order valence-electron chi connectivity index (χ1n) is 11.7. The number of carbonyl (C=O) groups is 2. The van der Waals surface area contributed by atoms with Gasteiger partial charge in [-0.05, 0) is 66.9 Å². The van der Waals surface area contributed by atoms with Crippen molar-refractivity contribution in [1.29, 1.82) is 5.26 Å². The number of anilines is 2. The van der Waals surface area contributed by atoms with Crippen molar-refractivity contribution in [3.63, 3.8) is 0 Å². The van der Waals surface area contributed by atoms with Gasteiger partial charge < -0.3 is 24.8 Å². The molecule has 1 fully saturated rings. The van der Waals surface area contributed by atoms with Gasteiger partial charge in [0.15, 0.2) is 0 Å². The van der Waals surface area contributed by atoms with Crippen LogP contribution in [-0.2, 0) is 6.54 Å². The lowest BCUT2D eigenvalue weighted by atomic mass is 9.83. The predicted octanol–water partition coefficient (Wildman–Crippen LogP) is 3.63. The number of amides is 3. The zero-order valence-electron chi connectivity index (χ0n) is 19.7. The van der Waals surface area contributed by atoms with Gasteiger partial charge in [0.25, 0.3) is 11.5 Å². The highest BCUT2D eigenvalue weighted by Gasteiger charge is 2.37. The second kappa shape index (κ2) is 9.58. The number of likely N-dealkylation sites (tertiary alicyclic amines) is 1. The van der Waals surface area contributed by atoms with Crippen LogP contribution in [0.4, 0.5) is 16.2 Å². The molecule has 1 saturated heterocycles. The molecular weight excluding hydrogens is 458 g/mol. The number of ether oxygens (including phenoxy) is 1. The summed E-state index contributed by atoms with van der Waals surface area (Å²) < 4.78 is 6.90. The average molecular weight is 484 g/mol. The molecule has 5 rings (SSSR count). The SMILES string of the molecule is COc1ccc(C(=O)N2C[C@H]3C[C@H](C2)c2ccc(NC(=O)Nc4cccc(C#N)c4)c(=O)n2C3)cc1. The van der Waals surface area contributed by atoms with E-state index in [0.717, 1.165) is 12.1 Å². The largest absolute Gasteiger partial charge is 0.497 e. The van der Waals surface area contributed by atoms with Crippen LogP contribution in [0.1, 0.15) is 34.0 Å². The van der Waals surface area contributed by atoms with Crippen LogP contribution in [0.25, 0.3) is 0 Å². The molecule has 36 heavy (non-hydrogen) atoms. The third-order valence-electron chi connectivity index (χ3n) is 6.73. The molecular formula is C27H25N5O4. The van der Waals surface area contributed by atoms with Crippen LogP contribution < -0.4 is 20.9 Å². The number of carbonyl (C=O) groups excluding carboxylic acids is 2. The molecule has 2 aromatic carbocycles. The molecule has 2 atom stereocenters. The number of fused-ring (bicyclic) bond motifs is 4. The van der Waals surface area contributed by atoms with Gasteiger partial charge in [0, 0.05) is 42.5 Å². The van der Waals surface area contributed by atoms with Crippen molar-refractivity contribution >= 4 is 23.3 Å². The molecule has 0 spiro atoms. The molecule has 182 valence electrons. The van der Waals surface area contributed by atoms with E-state index in [4.69, 9.17) is 10.00 Å². The van der Waals surface area contributed by atoms with Crippen LogP contribution in [0.5, 0.6) is 5.75 Å². The number of aromatic nitrogens is 1. The maximum atomic E-state index is 13.2. The average Bonchev–Trinajstić information content (AvgIpc) is 2.90. The Morgan fingerprint density at radius 2 is 1.83 bits per heavy atom. The van der Waals surface area contributed by atoms with Gasteiger partial charge in [-0.25, -0.2) is 4.79 Å². The fraction of sp³-hybridized carbons (Fsp3) is 0.259. The number of methoxy groups -OCH3 is 1. The normalized spacial score (nSPS) is 17.9. The van der Waals surface area contributed by atoms with Crippen LogP contribution in [0.3, 0.4) is 0 Å². The lowest BCUT2D eigenvalue weighted by molar-refractivity contribution is 0.0594. The standard InChI is InChI=1S/C27H25N5O4/c1-36-22-7-5-19(6-8-22)25(33)31-14-18-11-20(16-31)24-10-9-23(26(34)32(24)15-18)30-27(35)29-21-4-2-3-17(12-21)13-28/h2-10,12,18,20H,11,14-16H2,1H3,(H2,29,30,35)/t18-,20-/m1/s1. The van der Waals surface area contributed by atoms with E-state index in [-0.39, 0.29) is 29.0 Å². The summed E-state index contributed by atoms with van der Waals surface area (Å²) in [5, 5.41) is 14.3. The number of hydrogen-bond donors (Lipinski definition) is 2. The molecule has 3 amide bonds. The first-order valence-corrected chi connectivity index (χ1v) is 11.7. The number of benzene rings is 2. The zero-order chi connectivity index (χ0) is 25.2. The lowest BCUT2D eigenvalue weighted by Gasteiger charge is -2.43. The topological polar surface area (TPSA) is 116 Å². The maximum absolute atomic E-state index is 13.2. The van der Waals surface area contributed by atoms with Gasteiger partial charge in [-0.15, -0.1) is 0 Å². The van der Waals surface area contributed by atoms with E-state index in [9.17, 15) is 14.4 Å². The summed E-state index contributed by atoms with van der Waals surface area (Å²) in [6.45, 7) is 1.59. The quantitative estimate of drug-likeness (QED) is 0.588. The fourth-order valence-corrected chi connectivity index (χ4v) is 5.07. The number of nitrogens with one attached hydrogen (secondary N) is 2. The van der Waals surface area contributed by atoms with Crippen molar-refractivity contribution < 1.29 is 14.3 Å². The molecule has 0 unspecified atom stereocenters. The van der Waals surface area contributed by atoms with Gasteiger partial charge in [-0.3, -0.25) is 9.59 Å². The van der Waals surface area contributed by atoms with Gasteiger partial charge in [-0.2, -0.15) is 5.26 Å². The van der Waals surface area contributed by atoms with Gasteiger partial charge in [-0.1, -0.05) is 6.07 Å². The number of urea groups is 1. The van der Waals surface area contributed by atoms with Crippen molar-refractivity contribution in [3.05, 3.63) is 87.8 Å². The van der Waals surface area contributed by atoms with Crippen LogP contribution in [0.2, 0.25) is 0 Å². The van der Waals surface area contributed by atoms with E-state index in [1.165, 1.54) is 0 Å². The number of nitrogens with zero attached hydrogens (tertiary/aromatic N) is 3. The van der Waals surface area contributed by atoms with Crippen LogP contribution in [0, 0.1) is 17.2 Å². The van der Waals surface area contributed by atoms with E-state index in [2.05, 4.69) is 10.6 Å². The van der Waals surface area contributed by atoms with Crippen molar-refractivity contribution in [1.82, 2.24) is 9.47 Å². The number of hydrogen-bond acceptors (Lipinski definition) is 5. The summed E-state index contributed by atoms with van der Waals surface area (Å²) in [5.74, 6) is 0.862. The Hall–Kier alpha value is -4.58. The van der Waals surface area contributed by atoms with Crippen LogP contribution >= 0.6 is 0 Å². The van der Waals surface area contributed by atoms with E-state index in [1.807, 2.05) is 17.0 Å². The van der Waals surface area contributed by atoms with Crippen molar-refractivity contribution in [2.45, 2.75) is 18.9 Å². The Balaban J connectivity index is 1.31. The second-order valence-corrected chi connectivity index (χ2v) is 9.10. The highest BCUT2D eigenvalue weighted by atomic mass is 16.5. The minimum absolute atomic E-state index is 0.0291. The van der Waals surface area contributed by atoms with Gasteiger partial charge >= 0.3 is 6.03 Å². The molecule has 2 aliphatic rings. The Morgan fingerprint density at radius 3 is 2.58 bits per heavy atom. The van der Waals surface area contributed by atoms with Gasteiger partial charge in [0.1, 0.15) is 11.4 Å². The zero-order valence-corrected chi connectivity index (χ0v) is 19.7. The summed E-state index contributed by atoms with van der Waals surface area (Å²) in [4.78, 5) is 40.7. The minimum Gasteiger partial charge on any atom is -0.497 e. The monoisotopic (exact) mass is 483 g/mol. The Bertz CT molecular complexity index is 1420. The summed E-state index contributed by atoms with van der Waals surface area (Å²) in [6.07, 6.45) is 0.911. The molecule has 0 aliphatic carbocycles. The van der Waals surface area contributed by atoms with E-state index < -0.39 is 6.03 Å². The Morgan fingerprint density at radius 1 is 1.03 bits per heavy atom. The van der Waals surface area contributed by atoms with E-state index >= 15 is 0 Å². The van der Waals surface area contributed by atoms with Crippen LogP contribution in [-0.4, -0.2) is 41.6 Å². The van der Waals surface area contributed by atoms with Gasteiger partial charge in [0.05, 0.1) is 18.7 Å².